The molecule has 2 heterocycles. The van der Waals surface area contributed by atoms with Crippen LogP contribution in [0.4, 0.5) is 0 Å². The fourth-order valence-corrected chi connectivity index (χ4v) is 2.31. The maximum Gasteiger partial charge on any atom is 0.122 e. The lowest BCUT2D eigenvalue weighted by Crippen LogP contribution is -2.38. The predicted molar refractivity (Wildman–Crippen MR) is 75.7 cm³/mol. The Labute approximate surface area is 114 Å². The molecule has 19 heavy (non-hydrogen) atoms. The second kappa shape index (κ2) is 6.50. The standard InChI is InChI=1S/C15H21N3O/c1-12(16)15(14-7-5-11-19-14)18(2)10-8-13-6-3-4-9-17-13/h3-7,9,11-12,15H,8,10,16H2,1-2H3. The molecule has 2 aromatic heterocycles. The number of furan rings is 1. The third-order valence-corrected chi connectivity index (χ3v) is 3.25. The molecule has 0 bridgehead atoms. The summed E-state index contributed by atoms with van der Waals surface area (Å²) in [6.45, 7) is 2.90. The molecule has 0 saturated carbocycles. The summed E-state index contributed by atoms with van der Waals surface area (Å²) in [5, 5.41) is 0. The predicted octanol–water partition coefficient (Wildman–Crippen LogP) is 2.24. The van der Waals surface area contributed by atoms with Crippen molar-refractivity contribution in [2.24, 2.45) is 5.73 Å². The Morgan fingerprint density at radius 3 is 2.74 bits per heavy atom. The average Bonchev–Trinajstić information content (AvgIpc) is 2.91. The molecule has 2 atom stereocenters. The number of hydrogen-bond donors (Lipinski definition) is 1. The number of rotatable bonds is 6. The van der Waals surface area contributed by atoms with Gasteiger partial charge in [-0.15, -0.1) is 0 Å². The van der Waals surface area contributed by atoms with Gasteiger partial charge in [-0.05, 0) is 38.2 Å². The molecule has 0 aliphatic rings. The quantitative estimate of drug-likeness (QED) is 0.864. The zero-order valence-electron chi connectivity index (χ0n) is 11.5. The Hall–Kier alpha value is -1.65. The highest BCUT2D eigenvalue weighted by molar-refractivity contribution is 5.08. The Morgan fingerprint density at radius 1 is 1.32 bits per heavy atom. The van der Waals surface area contributed by atoms with Crippen LogP contribution in [0, 0.1) is 0 Å². The molecular formula is C15H21N3O. The first kappa shape index (κ1) is 13.8. The monoisotopic (exact) mass is 259 g/mol. The van der Waals surface area contributed by atoms with Crippen molar-refractivity contribution in [3.63, 3.8) is 0 Å². The van der Waals surface area contributed by atoms with E-state index in [1.807, 2.05) is 43.5 Å². The van der Waals surface area contributed by atoms with Crippen LogP contribution in [0.3, 0.4) is 0 Å². The van der Waals surface area contributed by atoms with Gasteiger partial charge in [0.15, 0.2) is 0 Å². The van der Waals surface area contributed by atoms with Gasteiger partial charge in [0.25, 0.3) is 0 Å². The molecule has 0 spiro atoms. The summed E-state index contributed by atoms with van der Waals surface area (Å²) in [6, 6.07) is 9.97. The molecule has 0 fully saturated rings. The molecular weight excluding hydrogens is 238 g/mol. The SMILES string of the molecule is CC(N)C(c1ccco1)N(C)CCc1ccccn1. The van der Waals surface area contributed by atoms with Gasteiger partial charge in [-0.1, -0.05) is 6.07 Å². The minimum atomic E-state index is 0.0138. The molecule has 0 saturated heterocycles. The molecule has 2 N–H and O–H groups in total. The van der Waals surface area contributed by atoms with Crippen LogP contribution in [0.25, 0.3) is 0 Å². The van der Waals surface area contributed by atoms with E-state index in [-0.39, 0.29) is 12.1 Å². The van der Waals surface area contributed by atoms with Crippen LogP contribution >= 0.6 is 0 Å². The van der Waals surface area contributed by atoms with Gasteiger partial charge in [0.2, 0.25) is 0 Å². The first-order valence-electron chi connectivity index (χ1n) is 6.57. The van der Waals surface area contributed by atoms with Gasteiger partial charge in [0, 0.05) is 30.9 Å². The van der Waals surface area contributed by atoms with Crippen LogP contribution < -0.4 is 5.73 Å². The van der Waals surface area contributed by atoms with E-state index in [0.29, 0.717) is 0 Å². The van der Waals surface area contributed by atoms with Crippen LogP contribution in [0.2, 0.25) is 0 Å². The van der Waals surface area contributed by atoms with Crippen LogP contribution in [0.15, 0.2) is 47.2 Å². The summed E-state index contributed by atoms with van der Waals surface area (Å²) < 4.78 is 5.49. The van der Waals surface area contributed by atoms with Gasteiger partial charge in [0.1, 0.15) is 5.76 Å². The first-order valence-corrected chi connectivity index (χ1v) is 6.57. The number of nitrogens with zero attached hydrogens (tertiary/aromatic N) is 2. The fourth-order valence-electron chi connectivity index (χ4n) is 2.31. The molecule has 4 nitrogen and oxygen atoms in total. The van der Waals surface area contributed by atoms with E-state index in [2.05, 4.69) is 16.9 Å². The van der Waals surface area contributed by atoms with Crippen molar-refractivity contribution in [2.75, 3.05) is 13.6 Å². The lowest BCUT2D eigenvalue weighted by atomic mass is 10.1. The number of pyridine rings is 1. The molecule has 0 aliphatic carbocycles. The summed E-state index contributed by atoms with van der Waals surface area (Å²) in [6.07, 6.45) is 4.42. The highest BCUT2D eigenvalue weighted by Gasteiger charge is 2.23. The average molecular weight is 259 g/mol. The van der Waals surface area contributed by atoms with E-state index < -0.39 is 0 Å². The van der Waals surface area contributed by atoms with Gasteiger partial charge >= 0.3 is 0 Å². The van der Waals surface area contributed by atoms with Crippen molar-refractivity contribution < 1.29 is 4.42 Å². The normalized spacial score (nSPS) is 14.5. The smallest absolute Gasteiger partial charge is 0.122 e. The summed E-state index contributed by atoms with van der Waals surface area (Å²) >= 11 is 0. The Morgan fingerprint density at radius 2 is 2.16 bits per heavy atom. The van der Waals surface area contributed by atoms with Crippen molar-refractivity contribution in [3.05, 3.63) is 54.2 Å². The van der Waals surface area contributed by atoms with E-state index >= 15 is 0 Å². The summed E-state index contributed by atoms with van der Waals surface area (Å²) in [4.78, 5) is 6.56. The molecule has 2 unspecified atom stereocenters. The number of hydrogen-bond acceptors (Lipinski definition) is 4. The second-order valence-electron chi connectivity index (χ2n) is 4.87. The maximum atomic E-state index is 6.08. The summed E-state index contributed by atoms with van der Waals surface area (Å²) in [5.41, 5.74) is 7.18. The van der Waals surface area contributed by atoms with E-state index in [1.54, 1.807) is 6.26 Å². The van der Waals surface area contributed by atoms with E-state index in [4.69, 9.17) is 10.2 Å². The molecule has 2 rings (SSSR count). The molecule has 0 radical (unpaired) electrons. The minimum Gasteiger partial charge on any atom is -0.468 e. The third kappa shape index (κ3) is 3.66. The Kier molecular flexibility index (Phi) is 4.71. The maximum absolute atomic E-state index is 6.08. The fraction of sp³-hybridized carbons (Fsp3) is 0.400. The number of likely N-dealkylation sites (N-methyl/N-ethyl adjacent to an activating group) is 1. The van der Waals surface area contributed by atoms with Crippen LogP contribution in [-0.4, -0.2) is 29.5 Å². The lowest BCUT2D eigenvalue weighted by molar-refractivity contribution is 0.193. The van der Waals surface area contributed by atoms with E-state index in [0.717, 1.165) is 24.4 Å². The van der Waals surface area contributed by atoms with Crippen molar-refractivity contribution in [2.45, 2.75) is 25.4 Å². The molecule has 4 heteroatoms. The largest absolute Gasteiger partial charge is 0.468 e. The van der Waals surface area contributed by atoms with Crippen molar-refractivity contribution in [1.29, 1.82) is 0 Å². The summed E-state index contributed by atoms with van der Waals surface area (Å²) in [5.74, 6) is 0.915. The molecule has 102 valence electrons. The Balaban J connectivity index is 1.99. The van der Waals surface area contributed by atoms with Gasteiger partial charge in [-0.25, -0.2) is 0 Å². The topological polar surface area (TPSA) is 55.3 Å². The van der Waals surface area contributed by atoms with Crippen LogP contribution in [-0.2, 0) is 6.42 Å². The molecule has 2 aromatic rings. The van der Waals surface area contributed by atoms with E-state index in [1.165, 1.54) is 0 Å². The zero-order valence-corrected chi connectivity index (χ0v) is 11.5. The van der Waals surface area contributed by atoms with Crippen LogP contribution in [0.1, 0.15) is 24.4 Å². The number of nitrogens with two attached hydrogens (primary N) is 1. The number of aromatic nitrogens is 1. The molecule has 0 aliphatic heterocycles. The van der Waals surface area contributed by atoms with Crippen molar-refractivity contribution in [3.8, 4) is 0 Å². The van der Waals surface area contributed by atoms with Gasteiger partial charge in [0.05, 0.1) is 12.3 Å². The second-order valence-corrected chi connectivity index (χ2v) is 4.87. The van der Waals surface area contributed by atoms with Crippen molar-refractivity contribution in [1.82, 2.24) is 9.88 Å². The molecule has 0 aromatic carbocycles. The Bertz CT molecular complexity index is 467. The van der Waals surface area contributed by atoms with Crippen molar-refractivity contribution >= 4 is 0 Å². The molecule has 0 amide bonds. The van der Waals surface area contributed by atoms with Gasteiger partial charge < -0.3 is 10.2 Å². The minimum absolute atomic E-state index is 0.0138. The summed E-state index contributed by atoms with van der Waals surface area (Å²) in [7, 11) is 2.07. The third-order valence-electron chi connectivity index (χ3n) is 3.25. The first-order chi connectivity index (χ1) is 9.18. The lowest BCUT2D eigenvalue weighted by Gasteiger charge is -2.29. The highest BCUT2D eigenvalue weighted by Crippen LogP contribution is 2.22. The highest BCUT2D eigenvalue weighted by atomic mass is 16.3. The van der Waals surface area contributed by atoms with Gasteiger partial charge in [-0.3, -0.25) is 9.88 Å². The zero-order chi connectivity index (χ0) is 13.7. The van der Waals surface area contributed by atoms with Crippen LogP contribution in [0.5, 0.6) is 0 Å². The van der Waals surface area contributed by atoms with E-state index in [9.17, 15) is 0 Å². The van der Waals surface area contributed by atoms with Gasteiger partial charge in [-0.2, -0.15) is 0 Å².